The van der Waals surface area contributed by atoms with E-state index in [1.54, 1.807) is 0 Å². The minimum Gasteiger partial charge on any atom is -0.393 e. The Morgan fingerprint density at radius 2 is 0.359 bits per heavy atom. The van der Waals surface area contributed by atoms with Gasteiger partial charge in [-0.3, -0.25) is 4.79 Å². The van der Waals surface area contributed by atoms with Crippen LogP contribution in [0.4, 0.5) is 0 Å². The molecule has 0 amide bonds. The maximum absolute atomic E-state index is 16.1. The van der Waals surface area contributed by atoms with Crippen molar-refractivity contribution < 1.29 is 30.3 Å². The van der Waals surface area contributed by atoms with E-state index >= 15 is 4.79 Å². The Bertz CT molecular complexity index is 1420. The van der Waals surface area contributed by atoms with Crippen molar-refractivity contribution in [2.45, 2.75) is 539 Å². The molecule has 5 N–H and O–H groups in total. The fraction of sp³-hybridized carbons (Fsp3) is 0.988. The lowest BCUT2D eigenvalue weighted by Gasteiger charge is -2.53. The Morgan fingerprint density at radius 1 is 0.207 bits per heavy atom. The van der Waals surface area contributed by atoms with Crippen molar-refractivity contribution in [2.75, 3.05) is 6.61 Å². The van der Waals surface area contributed by atoms with Gasteiger partial charge in [0.25, 0.3) is 0 Å². The van der Waals surface area contributed by atoms with Gasteiger partial charge in [0.1, 0.15) is 16.8 Å². The van der Waals surface area contributed by atoms with Gasteiger partial charge in [0.05, 0.1) is 6.61 Å². The standard InChI is InChI=1S/C86H172O6/c1-6-11-16-21-26-31-36-41-46-51-56-61-66-71-76-83(89,77-72-67-62-57-52-47-42-37-32-27-22-17-12-7-2)82(88)85(91,79-74-69-64-59-54-49-44-39-34-29-24-19-14-9-4)86(92,80-75-70-65-60-55-50-45-40-35-30-25-20-15-10-5)84(90,81-87)78-73-68-63-58-53-48-43-38-33-28-23-18-13-8-3/h87,89-92H,6-81H2,1-5H3/t84-,85-,86-/m1/s1. The second-order valence-electron chi connectivity index (χ2n) is 31.0. The highest BCUT2D eigenvalue weighted by atomic mass is 16.4. The van der Waals surface area contributed by atoms with Gasteiger partial charge in [-0.2, -0.15) is 0 Å². The van der Waals surface area contributed by atoms with Crippen molar-refractivity contribution in [1.29, 1.82) is 0 Å². The van der Waals surface area contributed by atoms with Gasteiger partial charge in [0.15, 0.2) is 11.4 Å². The van der Waals surface area contributed by atoms with Crippen LogP contribution in [0, 0.1) is 0 Å². The molecule has 0 aromatic carbocycles. The van der Waals surface area contributed by atoms with Crippen molar-refractivity contribution in [1.82, 2.24) is 0 Å². The number of Topliss-reactive ketones (excluding diaryl/α,β-unsaturated/α-hetero) is 1. The van der Waals surface area contributed by atoms with Crippen LogP contribution in [0.25, 0.3) is 0 Å². The van der Waals surface area contributed by atoms with Crippen molar-refractivity contribution >= 4 is 5.78 Å². The van der Waals surface area contributed by atoms with Crippen LogP contribution in [0.2, 0.25) is 0 Å². The minimum atomic E-state index is -2.42. The van der Waals surface area contributed by atoms with Gasteiger partial charge in [0, 0.05) is 0 Å². The molecule has 3 atom stereocenters. The number of hydrogen-bond acceptors (Lipinski definition) is 6. The highest BCUT2D eigenvalue weighted by Gasteiger charge is 2.66. The Balaban J connectivity index is 6.65. The summed E-state index contributed by atoms with van der Waals surface area (Å²) in [5, 5.41) is 65.5. The van der Waals surface area contributed by atoms with Crippen LogP contribution in [0.3, 0.4) is 0 Å². The minimum absolute atomic E-state index is 0.0141. The summed E-state index contributed by atoms with van der Waals surface area (Å²) in [4.78, 5) is 16.1. The lowest BCUT2D eigenvalue weighted by atomic mass is 9.60. The molecule has 0 aliphatic carbocycles. The first-order valence-corrected chi connectivity index (χ1v) is 43.1. The Labute approximate surface area is 578 Å². The number of aliphatic hydroxyl groups excluding tert-OH is 1. The summed E-state index contributed by atoms with van der Waals surface area (Å²) in [6, 6.07) is 0. The van der Waals surface area contributed by atoms with Crippen LogP contribution in [0.1, 0.15) is 516 Å². The number of hydrogen-bond donors (Lipinski definition) is 5. The van der Waals surface area contributed by atoms with Crippen LogP contribution in [0.15, 0.2) is 0 Å². The molecule has 552 valence electrons. The monoisotopic (exact) mass is 1300 g/mol. The van der Waals surface area contributed by atoms with E-state index in [0.29, 0.717) is 32.1 Å². The molecule has 6 heteroatoms. The first-order chi connectivity index (χ1) is 45.0. The molecule has 0 unspecified atom stereocenters. The van der Waals surface area contributed by atoms with E-state index in [9.17, 15) is 25.5 Å². The molecule has 0 fully saturated rings. The zero-order chi connectivity index (χ0) is 67.3. The summed E-state index contributed by atoms with van der Waals surface area (Å²) >= 11 is 0. The van der Waals surface area contributed by atoms with Gasteiger partial charge in [0.2, 0.25) is 0 Å². The van der Waals surface area contributed by atoms with Crippen molar-refractivity contribution in [3.63, 3.8) is 0 Å². The zero-order valence-electron chi connectivity index (χ0n) is 63.9. The average Bonchev–Trinajstić information content (AvgIpc) is 0.728. The molecule has 0 bridgehead atoms. The molecule has 0 heterocycles. The second-order valence-corrected chi connectivity index (χ2v) is 31.0. The van der Waals surface area contributed by atoms with E-state index in [1.165, 1.54) is 321 Å². The topological polar surface area (TPSA) is 118 Å². The summed E-state index contributed by atoms with van der Waals surface area (Å²) in [5.74, 6) is -0.676. The van der Waals surface area contributed by atoms with Gasteiger partial charge in [-0.15, -0.1) is 0 Å². The normalized spacial score (nSPS) is 14.1. The average molecular weight is 1300 g/mol. The third-order valence-corrected chi connectivity index (χ3v) is 22.1. The third-order valence-electron chi connectivity index (χ3n) is 22.1. The van der Waals surface area contributed by atoms with Crippen molar-refractivity contribution in [3.8, 4) is 0 Å². The number of unbranched alkanes of at least 4 members (excludes halogenated alkanes) is 65. The largest absolute Gasteiger partial charge is 0.393 e. The quantitative estimate of drug-likeness (QED) is 0.0387. The summed E-state index contributed by atoms with van der Waals surface area (Å²) < 4.78 is 0. The Hall–Kier alpha value is -0.530. The van der Waals surface area contributed by atoms with Gasteiger partial charge in [-0.05, 0) is 32.1 Å². The molecule has 0 rings (SSSR count). The van der Waals surface area contributed by atoms with E-state index in [1.807, 2.05) is 0 Å². The molecule has 0 aliphatic heterocycles. The summed E-state index contributed by atoms with van der Waals surface area (Å²) in [6.07, 6.45) is 84.7. The number of rotatable bonds is 80. The smallest absolute Gasteiger partial charge is 0.198 e. The van der Waals surface area contributed by atoms with Gasteiger partial charge in [-0.25, -0.2) is 0 Å². The first kappa shape index (κ1) is 91.5. The van der Waals surface area contributed by atoms with Gasteiger partial charge < -0.3 is 25.5 Å². The molecular weight excluding hydrogens is 1130 g/mol. The van der Waals surface area contributed by atoms with E-state index < -0.39 is 34.8 Å². The molecule has 0 aromatic rings. The molecule has 0 spiro atoms. The van der Waals surface area contributed by atoms with Crippen LogP contribution in [-0.4, -0.2) is 60.3 Å². The fourth-order valence-electron chi connectivity index (χ4n) is 15.5. The number of aliphatic hydroxyl groups is 5. The first-order valence-electron chi connectivity index (χ1n) is 43.1. The molecule has 0 radical (unpaired) electrons. The van der Waals surface area contributed by atoms with Gasteiger partial charge >= 0.3 is 0 Å². The van der Waals surface area contributed by atoms with E-state index in [2.05, 4.69) is 34.6 Å². The lowest BCUT2D eigenvalue weighted by Crippen LogP contribution is -2.74. The van der Waals surface area contributed by atoms with E-state index in [-0.39, 0.29) is 32.1 Å². The lowest BCUT2D eigenvalue weighted by molar-refractivity contribution is -0.263. The number of carbonyl (C=O) groups excluding carboxylic acids is 1. The Kier molecular flexibility index (Phi) is 68.6. The predicted octanol–water partition coefficient (Wildman–Crippen LogP) is 27.8. The molecule has 92 heavy (non-hydrogen) atoms. The fourth-order valence-corrected chi connectivity index (χ4v) is 15.5. The Morgan fingerprint density at radius 3 is 0.543 bits per heavy atom. The summed E-state index contributed by atoms with van der Waals surface area (Å²) in [6.45, 7) is 10.7. The van der Waals surface area contributed by atoms with Crippen molar-refractivity contribution in [3.05, 3.63) is 0 Å². The van der Waals surface area contributed by atoms with Crippen molar-refractivity contribution in [2.24, 2.45) is 0 Å². The molecule has 0 saturated carbocycles. The molecule has 0 aliphatic rings. The van der Waals surface area contributed by atoms with Crippen LogP contribution >= 0.6 is 0 Å². The summed E-state index contributed by atoms with van der Waals surface area (Å²) in [7, 11) is 0. The highest BCUT2D eigenvalue weighted by Crippen LogP contribution is 2.47. The van der Waals surface area contributed by atoms with Crippen LogP contribution in [0.5, 0.6) is 0 Å². The van der Waals surface area contributed by atoms with Gasteiger partial charge in [-0.1, -0.05) is 484 Å². The zero-order valence-corrected chi connectivity index (χ0v) is 63.9. The maximum atomic E-state index is 16.1. The second kappa shape index (κ2) is 69.0. The highest BCUT2D eigenvalue weighted by molar-refractivity contribution is 5.96. The van der Waals surface area contributed by atoms with E-state index in [4.69, 9.17) is 0 Å². The SMILES string of the molecule is CCCCCCCCCCCCCCCCC(O)(CCCCCCCCCCCCCCCC)C(=O)[C@](O)(CCCCCCCCCCCCCCCC)[C@@](O)(CCCCCCCCCCCCCCCC)[C@](O)(CO)CCCCCCCCCCCCCCCC. The number of carbonyl (C=O) groups is 1. The van der Waals surface area contributed by atoms with Crippen LogP contribution in [-0.2, 0) is 4.79 Å². The molecule has 0 aromatic heterocycles. The number of ketones is 1. The predicted molar refractivity (Wildman–Crippen MR) is 407 cm³/mol. The third kappa shape index (κ3) is 50.7. The molecular formula is C86H172O6. The maximum Gasteiger partial charge on any atom is 0.198 e. The van der Waals surface area contributed by atoms with Crippen LogP contribution < -0.4 is 0 Å². The molecule has 6 nitrogen and oxygen atoms in total. The molecule has 0 saturated heterocycles. The van der Waals surface area contributed by atoms with E-state index in [0.717, 1.165) is 96.3 Å². The summed E-state index contributed by atoms with van der Waals surface area (Å²) in [5.41, 5.74) is -8.69.